The molecule has 18 heavy (non-hydrogen) atoms. The van der Waals surface area contributed by atoms with E-state index in [0.717, 1.165) is 35.5 Å². The first kappa shape index (κ1) is 13.3. The average molecular weight is 310 g/mol. The molecule has 0 amide bonds. The van der Waals surface area contributed by atoms with Crippen LogP contribution in [-0.2, 0) is 19.6 Å². The molecule has 1 heterocycles. The van der Waals surface area contributed by atoms with Crippen molar-refractivity contribution in [3.63, 3.8) is 0 Å². The molecule has 0 saturated carbocycles. The highest BCUT2D eigenvalue weighted by molar-refractivity contribution is 9.10. The van der Waals surface area contributed by atoms with Gasteiger partial charge in [-0.25, -0.2) is 0 Å². The molecule has 3 nitrogen and oxygen atoms in total. The standard InChI is InChI=1S/C14H16BrNO2/c15-14-6-5-13(18-14)9-16-8-7-11-1-3-12(10-17)4-2-11/h1-6,16-17H,7-10H2. The van der Waals surface area contributed by atoms with Crippen LogP contribution in [0.5, 0.6) is 0 Å². The Bertz CT molecular complexity index is 479. The van der Waals surface area contributed by atoms with Crippen LogP contribution in [0, 0.1) is 0 Å². The molecule has 0 aliphatic carbocycles. The van der Waals surface area contributed by atoms with Gasteiger partial charge in [-0.3, -0.25) is 0 Å². The topological polar surface area (TPSA) is 45.4 Å². The van der Waals surface area contributed by atoms with Crippen LogP contribution in [0.4, 0.5) is 0 Å². The maximum Gasteiger partial charge on any atom is 0.169 e. The molecule has 96 valence electrons. The van der Waals surface area contributed by atoms with Gasteiger partial charge in [-0.2, -0.15) is 0 Å². The predicted molar refractivity (Wildman–Crippen MR) is 74.2 cm³/mol. The van der Waals surface area contributed by atoms with Crippen LogP contribution >= 0.6 is 15.9 Å². The SMILES string of the molecule is OCc1ccc(CCNCc2ccc(Br)o2)cc1. The van der Waals surface area contributed by atoms with Gasteiger partial charge in [-0.1, -0.05) is 24.3 Å². The zero-order chi connectivity index (χ0) is 12.8. The Kier molecular flexibility index (Phi) is 4.99. The first-order valence-electron chi connectivity index (χ1n) is 5.91. The van der Waals surface area contributed by atoms with Crippen molar-refractivity contribution >= 4 is 15.9 Å². The molecular formula is C14H16BrNO2. The third-order valence-corrected chi connectivity index (χ3v) is 3.15. The van der Waals surface area contributed by atoms with Crippen LogP contribution in [0.3, 0.4) is 0 Å². The van der Waals surface area contributed by atoms with Gasteiger partial charge in [-0.15, -0.1) is 0 Å². The van der Waals surface area contributed by atoms with Crippen LogP contribution < -0.4 is 5.32 Å². The fourth-order valence-corrected chi connectivity index (χ4v) is 2.04. The normalized spacial score (nSPS) is 10.8. The second-order valence-corrected chi connectivity index (χ2v) is 4.89. The van der Waals surface area contributed by atoms with Crippen molar-refractivity contribution in [3.05, 3.63) is 58.0 Å². The van der Waals surface area contributed by atoms with E-state index in [1.54, 1.807) is 0 Å². The first-order chi connectivity index (χ1) is 8.78. The summed E-state index contributed by atoms with van der Waals surface area (Å²) < 4.78 is 6.16. The fraction of sp³-hybridized carbons (Fsp3) is 0.286. The Morgan fingerprint density at radius 2 is 1.78 bits per heavy atom. The molecule has 0 aliphatic heterocycles. The molecule has 2 rings (SSSR count). The summed E-state index contributed by atoms with van der Waals surface area (Å²) >= 11 is 3.28. The van der Waals surface area contributed by atoms with Crippen LogP contribution in [0.1, 0.15) is 16.9 Å². The van der Waals surface area contributed by atoms with Gasteiger partial charge in [0.15, 0.2) is 4.67 Å². The molecule has 0 saturated heterocycles. The Morgan fingerprint density at radius 3 is 2.39 bits per heavy atom. The monoisotopic (exact) mass is 309 g/mol. The van der Waals surface area contributed by atoms with Crippen LogP contribution in [-0.4, -0.2) is 11.7 Å². The van der Waals surface area contributed by atoms with Gasteiger partial charge in [-0.05, 0) is 52.2 Å². The molecule has 0 bridgehead atoms. The van der Waals surface area contributed by atoms with Crippen molar-refractivity contribution < 1.29 is 9.52 Å². The van der Waals surface area contributed by atoms with Gasteiger partial charge in [0, 0.05) is 0 Å². The summed E-state index contributed by atoms with van der Waals surface area (Å²) in [5.74, 6) is 0.928. The lowest BCUT2D eigenvalue weighted by atomic mass is 10.1. The number of rotatable bonds is 6. The molecule has 2 N–H and O–H groups in total. The molecule has 1 aromatic carbocycles. The molecule has 0 spiro atoms. The average Bonchev–Trinajstić information content (AvgIpc) is 2.81. The second-order valence-electron chi connectivity index (χ2n) is 4.11. The van der Waals surface area contributed by atoms with E-state index in [9.17, 15) is 0 Å². The van der Waals surface area contributed by atoms with Gasteiger partial charge < -0.3 is 14.8 Å². The first-order valence-corrected chi connectivity index (χ1v) is 6.71. The molecule has 2 aromatic rings. The van der Waals surface area contributed by atoms with E-state index < -0.39 is 0 Å². The van der Waals surface area contributed by atoms with Crippen molar-refractivity contribution in [1.82, 2.24) is 5.32 Å². The summed E-state index contributed by atoms with van der Waals surface area (Å²) in [5.41, 5.74) is 2.22. The lowest BCUT2D eigenvalue weighted by Gasteiger charge is -2.04. The minimum Gasteiger partial charge on any atom is -0.453 e. The number of nitrogens with one attached hydrogen (secondary N) is 1. The molecule has 4 heteroatoms. The smallest absolute Gasteiger partial charge is 0.169 e. The highest BCUT2D eigenvalue weighted by Crippen LogP contribution is 2.13. The zero-order valence-electron chi connectivity index (χ0n) is 10.0. The Hall–Kier alpha value is -1.10. The minimum atomic E-state index is 0.103. The zero-order valence-corrected chi connectivity index (χ0v) is 11.6. The van der Waals surface area contributed by atoms with Crippen molar-refractivity contribution in [1.29, 1.82) is 0 Å². The molecule has 1 aromatic heterocycles. The van der Waals surface area contributed by atoms with E-state index in [4.69, 9.17) is 9.52 Å². The maximum atomic E-state index is 8.94. The van der Waals surface area contributed by atoms with Crippen molar-refractivity contribution in [3.8, 4) is 0 Å². The van der Waals surface area contributed by atoms with Gasteiger partial charge in [0.1, 0.15) is 5.76 Å². The van der Waals surface area contributed by atoms with E-state index >= 15 is 0 Å². The molecule has 0 aliphatic rings. The highest BCUT2D eigenvalue weighted by atomic mass is 79.9. The van der Waals surface area contributed by atoms with E-state index in [-0.39, 0.29) is 6.61 Å². The van der Waals surface area contributed by atoms with E-state index in [0.29, 0.717) is 0 Å². The Balaban J connectivity index is 1.71. The van der Waals surface area contributed by atoms with Crippen LogP contribution in [0.2, 0.25) is 0 Å². The summed E-state index contributed by atoms with van der Waals surface area (Å²) in [6, 6.07) is 11.9. The number of aliphatic hydroxyl groups is 1. The maximum absolute atomic E-state index is 8.94. The quantitative estimate of drug-likeness (QED) is 0.807. The molecular weight excluding hydrogens is 294 g/mol. The number of aliphatic hydroxyl groups excluding tert-OH is 1. The van der Waals surface area contributed by atoms with Gasteiger partial charge in [0.25, 0.3) is 0 Å². The summed E-state index contributed by atoms with van der Waals surface area (Å²) in [6.45, 7) is 1.74. The minimum absolute atomic E-state index is 0.103. The number of benzene rings is 1. The molecule has 0 unspecified atom stereocenters. The lowest BCUT2D eigenvalue weighted by Crippen LogP contribution is -2.16. The summed E-state index contributed by atoms with van der Waals surface area (Å²) in [4.78, 5) is 0. The van der Waals surface area contributed by atoms with Crippen LogP contribution in [0.25, 0.3) is 0 Å². The number of halogens is 1. The summed E-state index contributed by atoms with van der Waals surface area (Å²) in [5, 5.41) is 12.3. The van der Waals surface area contributed by atoms with Gasteiger partial charge >= 0.3 is 0 Å². The third kappa shape index (κ3) is 3.98. The lowest BCUT2D eigenvalue weighted by molar-refractivity contribution is 0.282. The number of hydrogen-bond acceptors (Lipinski definition) is 3. The summed E-state index contributed by atoms with van der Waals surface area (Å²) in [7, 11) is 0. The predicted octanol–water partition coefficient (Wildman–Crippen LogP) is 2.87. The second kappa shape index (κ2) is 6.73. The number of furan rings is 1. The Morgan fingerprint density at radius 1 is 1.06 bits per heavy atom. The van der Waals surface area contributed by atoms with Gasteiger partial charge in [0.2, 0.25) is 0 Å². The van der Waals surface area contributed by atoms with E-state index in [2.05, 4.69) is 33.4 Å². The van der Waals surface area contributed by atoms with Gasteiger partial charge in [0.05, 0.1) is 13.2 Å². The number of hydrogen-bond donors (Lipinski definition) is 2. The summed E-state index contributed by atoms with van der Waals surface area (Å²) in [6.07, 6.45) is 0.966. The molecule has 0 fully saturated rings. The Labute approximate surface area is 115 Å². The van der Waals surface area contributed by atoms with Crippen molar-refractivity contribution in [2.45, 2.75) is 19.6 Å². The molecule has 0 atom stereocenters. The van der Waals surface area contributed by atoms with Crippen LogP contribution in [0.15, 0.2) is 45.5 Å². The highest BCUT2D eigenvalue weighted by Gasteiger charge is 1.99. The largest absolute Gasteiger partial charge is 0.453 e. The fourth-order valence-electron chi connectivity index (χ4n) is 1.70. The van der Waals surface area contributed by atoms with E-state index in [1.165, 1.54) is 5.56 Å². The van der Waals surface area contributed by atoms with Crippen molar-refractivity contribution in [2.24, 2.45) is 0 Å². The third-order valence-electron chi connectivity index (χ3n) is 2.72. The van der Waals surface area contributed by atoms with Crippen molar-refractivity contribution in [2.75, 3.05) is 6.54 Å². The van der Waals surface area contributed by atoms with E-state index in [1.807, 2.05) is 24.3 Å². The molecule has 0 radical (unpaired) electrons.